The molecule has 4 aromatic carbocycles. The number of thioether (sulfide) groups is 1. The third-order valence-corrected chi connectivity index (χ3v) is 7.74. The maximum absolute atomic E-state index is 13.3. The van der Waals surface area contributed by atoms with E-state index in [1.54, 1.807) is 91.0 Å². The van der Waals surface area contributed by atoms with E-state index in [-0.39, 0.29) is 17.4 Å². The maximum Gasteiger partial charge on any atom is 0.272 e. The predicted octanol–water partition coefficient (Wildman–Crippen LogP) is 8.44. The fourth-order valence-corrected chi connectivity index (χ4v) is 5.04. The Morgan fingerprint density at radius 2 is 1.41 bits per heavy atom. The van der Waals surface area contributed by atoms with Crippen LogP contribution in [0.25, 0.3) is 6.08 Å². The molecule has 0 spiro atoms. The van der Waals surface area contributed by atoms with Gasteiger partial charge in [-0.05, 0) is 72.8 Å². The van der Waals surface area contributed by atoms with Gasteiger partial charge in [0.1, 0.15) is 5.70 Å². The largest absolute Gasteiger partial charge is 0.324 e. The molecule has 4 aromatic rings. The van der Waals surface area contributed by atoms with Gasteiger partial charge in [-0.3, -0.25) is 14.4 Å². The van der Waals surface area contributed by atoms with Crippen LogP contribution in [-0.2, 0) is 9.59 Å². The van der Waals surface area contributed by atoms with Crippen molar-refractivity contribution in [3.8, 4) is 0 Å². The van der Waals surface area contributed by atoms with Crippen LogP contribution in [0.5, 0.6) is 0 Å². The van der Waals surface area contributed by atoms with Crippen LogP contribution in [-0.4, -0.2) is 23.5 Å². The Hall–Kier alpha value is -3.46. The number of hydrogen-bond donors (Lipinski definition) is 3. The van der Waals surface area contributed by atoms with Gasteiger partial charge in [0.2, 0.25) is 5.91 Å². The number of nitrogens with one attached hydrogen (secondary N) is 3. The monoisotopic (exact) mass is 643 g/mol. The summed E-state index contributed by atoms with van der Waals surface area (Å²) in [5, 5.41) is 9.64. The van der Waals surface area contributed by atoms with Crippen LogP contribution in [0.4, 0.5) is 11.4 Å². The van der Waals surface area contributed by atoms with Crippen molar-refractivity contribution < 1.29 is 14.4 Å². The topological polar surface area (TPSA) is 87.3 Å². The van der Waals surface area contributed by atoms with Crippen molar-refractivity contribution in [2.75, 3.05) is 16.4 Å². The highest BCUT2D eigenvalue weighted by Gasteiger charge is 2.17. The van der Waals surface area contributed by atoms with Crippen LogP contribution in [0.3, 0.4) is 0 Å². The van der Waals surface area contributed by atoms with Gasteiger partial charge < -0.3 is 16.0 Å². The molecule has 0 heterocycles. The van der Waals surface area contributed by atoms with Crippen LogP contribution in [0, 0.1) is 0 Å². The quantitative estimate of drug-likeness (QED) is 0.126. The highest BCUT2D eigenvalue weighted by atomic mass is 35.5. The number of carbonyl (C=O) groups is 3. The highest BCUT2D eigenvalue weighted by molar-refractivity contribution is 8.00. The van der Waals surface area contributed by atoms with Gasteiger partial charge >= 0.3 is 0 Å². The molecule has 0 aromatic heterocycles. The first-order chi connectivity index (χ1) is 19.7. The first kappa shape index (κ1) is 30.5. The van der Waals surface area contributed by atoms with Crippen molar-refractivity contribution in [1.82, 2.24) is 5.32 Å². The predicted molar refractivity (Wildman–Crippen MR) is 169 cm³/mol. The second-order valence-corrected chi connectivity index (χ2v) is 11.2. The number of rotatable bonds is 9. The lowest BCUT2D eigenvalue weighted by molar-refractivity contribution is -0.114. The molecule has 0 aliphatic heterocycles. The van der Waals surface area contributed by atoms with Gasteiger partial charge in [0.15, 0.2) is 0 Å². The van der Waals surface area contributed by atoms with E-state index in [9.17, 15) is 14.4 Å². The second-order valence-electron chi connectivity index (χ2n) is 8.45. The number of anilines is 2. The normalized spacial score (nSPS) is 11.1. The number of halogens is 4. The average molecular weight is 645 g/mol. The van der Waals surface area contributed by atoms with E-state index in [0.29, 0.717) is 42.6 Å². The molecule has 0 radical (unpaired) electrons. The van der Waals surface area contributed by atoms with E-state index in [4.69, 9.17) is 46.4 Å². The average Bonchev–Trinajstić information content (AvgIpc) is 2.96. The minimum Gasteiger partial charge on any atom is -0.324 e. The molecule has 0 unspecified atom stereocenters. The summed E-state index contributed by atoms with van der Waals surface area (Å²) >= 11 is 26.0. The Labute approximate surface area is 261 Å². The minimum atomic E-state index is -0.580. The minimum absolute atomic E-state index is 0.0522. The zero-order valence-electron chi connectivity index (χ0n) is 21.1. The highest BCUT2D eigenvalue weighted by Crippen LogP contribution is 2.28. The SMILES string of the molecule is O=C(CSc1ccc(NC(=O)/C(=C/c2c(Cl)cccc2Cl)NC(=O)c2ccccc2)cc1)Nc1cc(Cl)ccc1Cl. The Balaban J connectivity index is 1.44. The number of carbonyl (C=O) groups excluding carboxylic acids is 3. The summed E-state index contributed by atoms with van der Waals surface area (Å²) in [6.45, 7) is 0. The Morgan fingerprint density at radius 3 is 2.10 bits per heavy atom. The summed E-state index contributed by atoms with van der Waals surface area (Å²) in [6, 6.07) is 25.2. The van der Waals surface area contributed by atoms with Crippen molar-refractivity contribution in [1.29, 1.82) is 0 Å². The molecule has 0 fully saturated rings. The zero-order valence-corrected chi connectivity index (χ0v) is 24.9. The van der Waals surface area contributed by atoms with Crippen LogP contribution in [0.2, 0.25) is 20.1 Å². The lowest BCUT2D eigenvalue weighted by Gasteiger charge is -2.13. The molecule has 0 aliphatic carbocycles. The van der Waals surface area contributed by atoms with Crippen molar-refractivity contribution >= 4 is 93.3 Å². The molecular weight excluding hydrogens is 624 g/mol. The lowest BCUT2D eigenvalue weighted by Crippen LogP contribution is -2.30. The summed E-state index contributed by atoms with van der Waals surface area (Å²) in [5.41, 5.74) is 1.62. The standard InChI is InChI=1S/C30H21Cl4N3O3S/c31-19-9-14-25(34)26(15-19)36-28(38)17-41-21-12-10-20(11-13-21)35-30(40)27(16-22-23(32)7-4-8-24(22)33)37-29(39)18-5-2-1-3-6-18/h1-16H,17H2,(H,35,40)(H,36,38)(H,37,39)/b27-16-. The van der Waals surface area contributed by atoms with Gasteiger partial charge in [0.25, 0.3) is 11.8 Å². The van der Waals surface area contributed by atoms with Gasteiger partial charge in [0, 0.05) is 36.8 Å². The van der Waals surface area contributed by atoms with Gasteiger partial charge in [-0.15, -0.1) is 11.8 Å². The molecule has 11 heteroatoms. The van der Waals surface area contributed by atoms with E-state index in [1.807, 2.05) is 0 Å². The fraction of sp³-hybridized carbons (Fsp3) is 0.0333. The summed E-state index contributed by atoms with van der Waals surface area (Å²) in [5.74, 6) is -1.17. The van der Waals surface area contributed by atoms with Gasteiger partial charge in [-0.25, -0.2) is 0 Å². The summed E-state index contributed by atoms with van der Waals surface area (Å²) < 4.78 is 0. The van der Waals surface area contributed by atoms with Crippen LogP contribution < -0.4 is 16.0 Å². The van der Waals surface area contributed by atoms with Gasteiger partial charge in [-0.1, -0.05) is 70.7 Å². The molecule has 0 bridgehead atoms. The van der Waals surface area contributed by atoms with E-state index in [0.717, 1.165) is 4.90 Å². The first-order valence-corrected chi connectivity index (χ1v) is 14.5. The molecule has 6 nitrogen and oxygen atoms in total. The van der Waals surface area contributed by atoms with E-state index in [1.165, 1.54) is 17.8 Å². The number of amides is 3. The van der Waals surface area contributed by atoms with Crippen molar-refractivity contribution in [3.05, 3.63) is 128 Å². The third-order valence-electron chi connectivity index (χ3n) is 5.50. The Morgan fingerprint density at radius 1 is 0.732 bits per heavy atom. The molecule has 0 saturated heterocycles. The fourth-order valence-electron chi connectivity index (χ4n) is 3.50. The number of benzene rings is 4. The molecule has 3 N–H and O–H groups in total. The molecule has 0 aliphatic rings. The Kier molecular flexibility index (Phi) is 10.7. The van der Waals surface area contributed by atoms with E-state index >= 15 is 0 Å². The summed E-state index contributed by atoms with van der Waals surface area (Å²) in [7, 11) is 0. The molecule has 3 amide bonds. The molecule has 0 saturated carbocycles. The van der Waals surface area contributed by atoms with Gasteiger partial charge in [0.05, 0.1) is 16.5 Å². The van der Waals surface area contributed by atoms with Gasteiger partial charge in [-0.2, -0.15) is 0 Å². The molecule has 4 rings (SSSR count). The lowest BCUT2D eigenvalue weighted by atomic mass is 10.1. The molecule has 41 heavy (non-hydrogen) atoms. The smallest absolute Gasteiger partial charge is 0.272 e. The Bertz CT molecular complexity index is 1590. The maximum atomic E-state index is 13.3. The molecule has 208 valence electrons. The number of hydrogen-bond acceptors (Lipinski definition) is 4. The van der Waals surface area contributed by atoms with Crippen LogP contribution >= 0.6 is 58.2 Å². The molecular formula is C30H21Cl4N3O3S. The van der Waals surface area contributed by atoms with Crippen LogP contribution in [0.15, 0.2) is 102 Å². The van der Waals surface area contributed by atoms with Crippen molar-refractivity contribution in [2.45, 2.75) is 4.90 Å². The first-order valence-electron chi connectivity index (χ1n) is 12.0. The zero-order chi connectivity index (χ0) is 29.4. The summed E-state index contributed by atoms with van der Waals surface area (Å²) in [4.78, 5) is 39.3. The molecule has 0 atom stereocenters. The second kappa shape index (κ2) is 14.4. The van der Waals surface area contributed by atoms with E-state index in [2.05, 4.69) is 16.0 Å². The third kappa shape index (κ3) is 8.76. The van der Waals surface area contributed by atoms with Crippen molar-refractivity contribution in [2.24, 2.45) is 0 Å². The summed E-state index contributed by atoms with van der Waals surface area (Å²) in [6.07, 6.45) is 1.43. The van der Waals surface area contributed by atoms with Crippen LogP contribution in [0.1, 0.15) is 15.9 Å². The van der Waals surface area contributed by atoms with E-state index < -0.39 is 11.8 Å². The van der Waals surface area contributed by atoms with Crippen molar-refractivity contribution in [3.63, 3.8) is 0 Å².